The van der Waals surface area contributed by atoms with Crippen molar-refractivity contribution in [3.05, 3.63) is 35.9 Å². The number of aliphatic hydroxyl groups is 4. The van der Waals surface area contributed by atoms with Gasteiger partial charge in [0.05, 0.1) is 31.3 Å². The maximum absolute atomic E-state index is 9.93. The van der Waals surface area contributed by atoms with Crippen molar-refractivity contribution in [3.8, 4) is 0 Å². The normalized spacial score (nSPS) is 13.8. The lowest BCUT2D eigenvalue weighted by Crippen LogP contribution is -2.46. The van der Waals surface area contributed by atoms with Crippen molar-refractivity contribution in [1.82, 2.24) is 0 Å². The molecule has 4 N–H and O–H groups in total. The molecular weight excluding hydrogens is 208 g/mol. The van der Waals surface area contributed by atoms with Crippen molar-refractivity contribution in [2.24, 2.45) is 5.41 Å². The van der Waals surface area contributed by atoms with E-state index in [1.165, 1.54) is 0 Å². The molecule has 90 valence electrons. The molecule has 0 aliphatic carbocycles. The summed E-state index contributed by atoms with van der Waals surface area (Å²) >= 11 is 0. The standard InChI is InChI=1S/C12H18O4/c13-7-12(8-14,9-15)11(16)6-10-4-2-1-3-5-10/h1-5,11,13-16H,6-9H2. The summed E-state index contributed by atoms with van der Waals surface area (Å²) in [5.74, 6) is 0. The van der Waals surface area contributed by atoms with Crippen LogP contribution in [0.4, 0.5) is 0 Å². The highest BCUT2D eigenvalue weighted by Crippen LogP contribution is 2.23. The first-order valence-corrected chi connectivity index (χ1v) is 5.23. The second kappa shape index (κ2) is 5.96. The fraction of sp³-hybridized carbons (Fsp3) is 0.500. The smallest absolute Gasteiger partial charge is 0.0703 e. The van der Waals surface area contributed by atoms with Gasteiger partial charge in [0.25, 0.3) is 0 Å². The summed E-state index contributed by atoms with van der Waals surface area (Å²) in [5.41, 5.74) is -0.342. The molecule has 0 radical (unpaired) electrons. The van der Waals surface area contributed by atoms with Crippen molar-refractivity contribution >= 4 is 0 Å². The first kappa shape index (κ1) is 13.1. The highest BCUT2D eigenvalue weighted by molar-refractivity contribution is 5.16. The molecule has 1 aromatic rings. The van der Waals surface area contributed by atoms with E-state index in [2.05, 4.69) is 0 Å². The Balaban J connectivity index is 2.73. The Morgan fingerprint density at radius 1 is 0.938 bits per heavy atom. The van der Waals surface area contributed by atoms with Crippen LogP contribution in [0.2, 0.25) is 0 Å². The van der Waals surface area contributed by atoms with Gasteiger partial charge in [-0.15, -0.1) is 0 Å². The topological polar surface area (TPSA) is 80.9 Å². The maximum atomic E-state index is 9.93. The van der Waals surface area contributed by atoms with Crippen LogP contribution < -0.4 is 0 Å². The van der Waals surface area contributed by atoms with E-state index < -0.39 is 31.3 Å². The van der Waals surface area contributed by atoms with Crippen LogP contribution in [-0.4, -0.2) is 46.4 Å². The molecule has 4 nitrogen and oxygen atoms in total. The summed E-state index contributed by atoms with van der Waals surface area (Å²) in [5, 5.41) is 37.4. The van der Waals surface area contributed by atoms with Crippen molar-refractivity contribution in [2.45, 2.75) is 12.5 Å². The molecule has 4 heteroatoms. The zero-order valence-corrected chi connectivity index (χ0v) is 9.08. The molecule has 0 aromatic heterocycles. The number of aliphatic hydroxyl groups excluding tert-OH is 4. The van der Waals surface area contributed by atoms with E-state index >= 15 is 0 Å². The van der Waals surface area contributed by atoms with Crippen LogP contribution in [0.5, 0.6) is 0 Å². The average Bonchev–Trinajstić information content (AvgIpc) is 2.33. The van der Waals surface area contributed by atoms with Crippen molar-refractivity contribution in [3.63, 3.8) is 0 Å². The molecule has 0 amide bonds. The van der Waals surface area contributed by atoms with E-state index in [0.717, 1.165) is 5.56 Å². The van der Waals surface area contributed by atoms with Gasteiger partial charge in [0, 0.05) is 0 Å². The van der Waals surface area contributed by atoms with Gasteiger partial charge in [-0.1, -0.05) is 30.3 Å². The van der Waals surface area contributed by atoms with E-state index in [0.29, 0.717) is 6.42 Å². The Bertz CT molecular complexity index is 287. The molecule has 0 saturated carbocycles. The molecule has 0 fully saturated rings. The maximum Gasteiger partial charge on any atom is 0.0703 e. The Morgan fingerprint density at radius 3 is 1.88 bits per heavy atom. The second-order valence-electron chi connectivity index (χ2n) is 4.04. The van der Waals surface area contributed by atoms with E-state index in [-0.39, 0.29) is 0 Å². The van der Waals surface area contributed by atoms with Crippen LogP contribution in [0.1, 0.15) is 5.56 Å². The SMILES string of the molecule is OCC(CO)(CO)C(O)Cc1ccccc1. The second-order valence-corrected chi connectivity index (χ2v) is 4.04. The van der Waals surface area contributed by atoms with E-state index in [9.17, 15) is 5.11 Å². The molecule has 0 heterocycles. The summed E-state index contributed by atoms with van der Waals surface area (Å²) < 4.78 is 0. The number of hydrogen-bond donors (Lipinski definition) is 4. The highest BCUT2D eigenvalue weighted by atomic mass is 16.3. The monoisotopic (exact) mass is 226 g/mol. The lowest BCUT2D eigenvalue weighted by atomic mass is 9.81. The lowest BCUT2D eigenvalue weighted by Gasteiger charge is -2.32. The molecule has 1 unspecified atom stereocenters. The summed E-state index contributed by atoms with van der Waals surface area (Å²) in [4.78, 5) is 0. The summed E-state index contributed by atoms with van der Waals surface area (Å²) in [6.07, 6.45) is -0.683. The molecule has 0 saturated heterocycles. The largest absolute Gasteiger partial charge is 0.396 e. The zero-order chi connectivity index (χ0) is 12.0. The lowest BCUT2D eigenvalue weighted by molar-refractivity contribution is -0.0823. The van der Waals surface area contributed by atoms with Gasteiger partial charge in [0.2, 0.25) is 0 Å². The van der Waals surface area contributed by atoms with E-state index in [1.54, 1.807) is 0 Å². The van der Waals surface area contributed by atoms with Gasteiger partial charge in [-0.05, 0) is 12.0 Å². The van der Waals surface area contributed by atoms with Gasteiger partial charge in [-0.2, -0.15) is 0 Å². The molecule has 0 aliphatic rings. The predicted molar refractivity (Wildman–Crippen MR) is 59.8 cm³/mol. The van der Waals surface area contributed by atoms with Crippen molar-refractivity contribution < 1.29 is 20.4 Å². The van der Waals surface area contributed by atoms with Gasteiger partial charge < -0.3 is 20.4 Å². The summed E-state index contributed by atoms with van der Waals surface area (Å²) in [7, 11) is 0. The zero-order valence-electron chi connectivity index (χ0n) is 9.08. The third kappa shape index (κ3) is 2.80. The molecular formula is C12H18O4. The number of rotatable bonds is 6. The summed E-state index contributed by atoms with van der Waals surface area (Å²) in [6, 6.07) is 9.26. The molecule has 16 heavy (non-hydrogen) atoms. The third-order valence-electron chi connectivity index (χ3n) is 2.92. The minimum Gasteiger partial charge on any atom is -0.396 e. The molecule has 1 atom stereocenters. The Labute approximate surface area is 94.8 Å². The Kier molecular flexibility index (Phi) is 4.89. The van der Waals surface area contributed by atoms with Gasteiger partial charge in [-0.25, -0.2) is 0 Å². The fourth-order valence-corrected chi connectivity index (χ4v) is 1.52. The van der Waals surface area contributed by atoms with Gasteiger partial charge in [0.1, 0.15) is 0 Å². The fourth-order valence-electron chi connectivity index (χ4n) is 1.52. The van der Waals surface area contributed by atoms with Crippen molar-refractivity contribution in [1.29, 1.82) is 0 Å². The van der Waals surface area contributed by atoms with Crippen LogP contribution in [0.3, 0.4) is 0 Å². The number of hydrogen-bond acceptors (Lipinski definition) is 4. The van der Waals surface area contributed by atoms with Crippen LogP contribution in [0, 0.1) is 5.41 Å². The molecule has 0 spiro atoms. The summed E-state index contributed by atoms with van der Waals surface area (Å²) in [6.45, 7) is -1.35. The van der Waals surface area contributed by atoms with E-state index in [4.69, 9.17) is 15.3 Å². The highest BCUT2D eigenvalue weighted by Gasteiger charge is 2.36. The predicted octanol–water partition coefficient (Wildman–Crippen LogP) is -0.447. The minimum atomic E-state index is -1.24. The molecule has 0 bridgehead atoms. The van der Waals surface area contributed by atoms with Gasteiger partial charge >= 0.3 is 0 Å². The quantitative estimate of drug-likeness (QED) is 0.530. The van der Waals surface area contributed by atoms with Crippen LogP contribution in [0.15, 0.2) is 30.3 Å². The molecule has 1 aromatic carbocycles. The Hall–Kier alpha value is -0.940. The molecule has 0 aliphatic heterocycles. The van der Waals surface area contributed by atoms with Gasteiger partial charge in [0.15, 0.2) is 0 Å². The van der Waals surface area contributed by atoms with Gasteiger partial charge in [-0.3, -0.25) is 0 Å². The van der Waals surface area contributed by atoms with Crippen LogP contribution in [-0.2, 0) is 6.42 Å². The molecule has 1 rings (SSSR count). The number of benzene rings is 1. The first-order chi connectivity index (χ1) is 7.68. The van der Waals surface area contributed by atoms with Crippen LogP contribution >= 0.6 is 0 Å². The first-order valence-electron chi connectivity index (χ1n) is 5.23. The van der Waals surface area contributed by atoms with E-state index in [1.807, 2.05) is 30.3 Å². The Morgan fingerprint density at radius 2 is 1.44 bits per heavy atom. The average molecular weight is 226 g/mol. The van der Waals surface area contributed by atoms with Crippen molar-refractivity contribution in [2.75, 3.05) is 19.8 Å². The minimum absolute atomic E-state index is 0.294. The third-order valence-corrected chi connectivity index (χ3v) is 2.92. The van der Waals surface area contributed by atoms with Crippen LogP contribution in [0.25, 0.3) is 0 Å².